The summed E-state index contributed by atoms with van der Waals surface area (Å²) in [5.41, 5.74) is 7.08. The van der Waals surface area contributed by atoms with Crippen molar-refractivity contribution in [3.05, 3.63) is 27.7 Å². The highest BCUT2D eigenvalue weighted by atomic mass is 35.5. The molecule has 1 rings (SSSR count). The number of nitrogens with two attached hydrogens (primary N) is 1. The molecule has 0 aromatic heterocycles. The van der Waals surface area contributed by atoms with Crippen LogP contribution in [0.3, 0.4) is 0 Å². The summed E-state index contributed by atoms with van der Waals surface area (Å²) in [5, 5.41) is 4.11. The van der Waals surface area contributed by atoms with Gasteiger partial charge in [-0.15, -0.1) is 0 Å². The lowest BCUT2D eigenvalue weighted by molar-refractivity contribution is 0.652. The van der Waals surface area contributed by atoms with E-state index in [0.29, 0.717) is 15.7 Å². The van der Waals surface area contributed by atoms with Crippen molar-refractivity contribution >= 4 is 28.9 Å². The van der Waals surface area contributed by atoms with Gasteiger partial charge in [0.1, 0.15) is 0 Å². The Morgan fingerprint density at radius 1 is 1.31 bits per heavy atom. The molecule has 0 saturated heterocycles. The van der Waals surface area contributed by atoms with Crippen LogP contribution in [0, 0.1) is 0 Å². The highest BCUT2D eigenvalue weighted by molar-refractivity contribution is 6.38. The van der Waals surface area contributed by atoms with Crippen LogP contribution in [0.15, 0.2) is 12.1 Å². The van der Waals surface area contributed by atoms with Crippen LogP contribution in [0.5, 0.6) is 0 Å². The van der Waals surface area contributed by atoms with Crippen LogP contribution in [0.25, 0.3) is 0 Å². The summed E-state index contributed by atoms with van der Waals surface area (Å²) >= 11 is 11.8. The molecule has 0 fully saturated rings. The quantitative estimate of drug-likeness (QED) is 0.750. The number of nitrogens with one attached hydrogen (secondary N) is 1. The van der Waals surface area contributed by atoms with Gasteiger partial charge in [-0.3, -0.25) is 0 Å². The highest BCUT2D eigenvalue weighted by Gasteiger charge is 2.08. The van der Waals surface area contributed by atoms with Crippen molar-refractivity contribution in [3.8, 4) is 0 Å². The van der Waals surface area contributed by atoms with Gasteiger partial charge in [0.05, 0.1) is 15.7 Å². The lowest BCUT2D eigenvalue weighted by Gasteiger charge is -2.12. The lowest BCUT2D eigenvalue weighted by Crippen LogP contribution is -2.12. The Balaban J connectivity index is 3.13. The molecule has 0 aliphatic rings. The Labute approximate surface area is 88.0 Å². The lowest BCUT2D eigenvalue weighted by atomic mass is 10.1. The standard InChI is InChI=1S/C9H12Cl2N2/c1-5(13-2)6-3-7(10)9(12)8(11)4-6/h3-5,13H,12H2,1-2H3. The zero-order valence-electron chi connectivity index (χ0n) is 7.57. The van der Waals surface area contributed by atoms with Crippen LogP contribution in [0.2, 0.25) is 10.0 Å². The van der Waals surface area contributed by atoms with E-state index in [1.807, 2.05) is 26.1 Å². The maximum Gasteiger partial charge on any atom is 0.0693 e. The van der Waals surface area contributed by atoms with Crippen molar-refractivity contribution < 1.29 is 0 Å². The molecular formula is C9H12Cl2N2. The molecule has 1 unspecified atom stereocenters. The largest absolute Gasteiger partial charge is 0.396 e. The molecule has 2 nitrogen and oxygen atoms in total. The average molecular weight is 219 g/mol. The SMILES string of the molecule is CNC(C)c1cc(Cl)c(N)c(Cl)c1. The van der Waals surface area contributed by atoms with Crippen LogP contribution in [0.4, 0.5) is 5.69 Å². The van der Waals surface area contributed by atoms with E-state index in [2.05, 4.69) is 5.32 Å². The van der Waals surface area contributed by atoms with Gasteiger partial charge in [0, 0.05) is 6.04 Å². The van der Waals surface area contributed by atoms with Crippen LogP contribution in [-0.4, -0.2) is 7.05 Å². The number of halogens is 2. The van der Waals surface area contributed by atoms with Gasteiger partial charge in [-0.1, -0.05) is 23.2 Å². The van der Waals surface area contributed by atoms with E-state index in [1.165, 1.54) is 0 Å². The Kier molecular flexibility index (Phi) is 3.42. The molecule has 72 valence electrons. The second-order valence-electron chi connectivity index (χ2n) is 2.91. The second-order valence-corrected chi connectivity index (χ2v) is 3.72. The number of anilines is 1. The molecule has 0 amide bonds. The smallest absolute Gasteiger partial charge is 0.0693 e. The van der Waals surface area contributed by atoms with E-state index in [1.54, 1.807) is 0 Å². The van der Waals surface area contributed by atoms with Gasteiger partial charge in [-0.2, -0.15) is 0 Å². The summed E-state index contributed by atoms with van der Waals surface area (Å²) in [6, 6.07) is 3.86. The molecule has 0 aliphatic carbocycles. The minimum atomic E-state index is 0.218. The van der Waals surface area contributed by atoms with Gasteiger partial charge in [-0.25, -0.2) is 0 Å². The summed E-state index contributed by atoms with van der Waals surface area (Å²) < 4.78 is 0. The van der Waals surface area contributed by atoms with Gasteiger partial charge in [-0.05, 0) is 31.7 Å². The number of benzene rings is 1. The van der Waals surface area contributed by atoms with Gasteiger partial charge in [0.25, 0.3) is 0 Å². The van der Waals surface area contributed by atoms with Crippen LogP contribution in [0.1, 0.15) is 18.5 Å². The van der Waals surface area contributed by atoms with Crippen molar-refractivity contribution in [1.29, 1.82) is 0 Å². The van der Waals surface area contributed by atoms with Crippen LogP contribution >= 0.6 is 23.2 Å². The van der Waals surface area contributed by atoms with E-state index >= 15 is 0 Å². The minimum Gasteiger partial charge on any atom is -0.396 e. The fourth-order valence-corrected chi connectivity index (χ4v) is 1.52. The van der Waals surface area contributed by atoms with Crippen molar-refractivity contribution in [2.75, 3.05) is 12.8 Å². The Morgan fingerprint density at radius 3 is 2.15 bits per heavy atom. The maximum atomic E-state index is 5.88. The van der Waals surface area contributed by atoms with Crippen LogP contribution < -0.4 is 11.1 Å². The summed E-state index contributed by atoms with van der Waals surface area (Å²) in [6.45, 7) is 2.03. The fourth-order valence-electron chi connectivity index (χ4n) is 1.02. The van der Waals surface area contributed by atoms with E-state index in [-0.39, 0.29) is 6.04 Å². The van der Waals surface area contributed by atoms with Crippen molar-refractivity contribution in [2.24, 2.45) is 0 Å². The third-order valence-electron chi connectivity index (χ3n) is 2.03. The minimum absolute atomic E-state index is 0.218. The first-order valence-electron chi connectivity index (χ1n) is 3.98. The summed E-state index contributed by atoms with van der Waals surface area (Å²) in [4.78, 5) is 0. The predicted octanol–water partition coefficient (Wildman–Crippen LogP) is 2.86. The molecule has 0 heterocycles. The number of rotatable bonds is 2. The van der Waals surface area contributed by atoms with Gasteiger partial charge >= 0.3 is 0 Å². The van der Waals surface area contributed by atoms with E-state index in [0.717, 1.165) is 5.56 Å². The van der Waals surface area contributed by atoms with Crippen molar-refractivity contribution in [1.82, 2.24) is 5.32 Å². The zero-order chi connectivity index (χ0) is 10.0. The molecule has 3 N–H and O–H groups in total. The topological polar surface area (TPSA) is 38.0 Å². The maximum absolute atomic E-state index is 5.88. The third-order valence-corrected chi connectivity index (χ3v) is 2.66. The molecule has 0 saturated carbocycles. The molecule has 0 bridgehead atoms. The monoisotopic (exact) mass is 218 g/mol. The molecule has 0 spiro atoms. The molecular weight excluding hydrogens is 207 g/mol. The third kappa shape index (κ3) is 2.27. The van der Waals surface area contributed by atoms with Gasteiger partial charge in [0.2, 0.25) is 0 Å². The first-order chi connectivity index (χ1) is 6.06. The molecule has 1 atom stereocenters. The summed E-state index contributed by atoms with van der Waals surface area (Å²) in [6.07, 6.45) is 0. The number of hydrogen-bond donors (Lipinski definition) is 2. The summed E-state index contributed by atoms with van der Waals surface area (Å²) in [5.74, 6) is 0. The van der Waals surface area contributed by atoms with Crippen molar-refractivity contribution in [3.63, 3.8) is 0 Å². The predicted molar refractivity (Wildman–Crippen MR) is 58.3 cm³/mol. The van der Waals surface area contributed by atoms with E-state index in [4.69, 9.17) is 28.9 Å². The van der Waals surface area contributed by atoms with E-state index in [9.17, 15) is 0 Å². The molecule has 0 radical (unpaired) electrons. The van der Waals surface area contributed by atoms with E-state index < -0.39 is 0 Å². The van der Waals surface area contributed by atoms with Gasteiger partial charge < -0.3 is 11.1 Å². The molecule has 4 heteroatoms. The number of nitrogen functional groups attached to an aromatic ring is 1. The second kappa shape index (κ2) is 4.18. The highest BCUT2D eigenvalue weighted by Crippen LogP contribution is 2.30. The fraction of sp³-hybridized carbons (Fsp3) is 0.333. The molecule has 1 aromatic rings. The normalized spacial score (nSPS) is 12.9. The molecule has 13 heavy (non-hydrogen) atoms. The zero-order valence-corrected chi connectivity index (χ0v) is 9.08. The average Bonchev–Trinajstić information content (AvgIpc) is 2.12. The Hall–Kier alpha value is -0.440. The summed E-state index contributed by atoms with van der Waals surface area (Å²) in [7, 11) is 1.88. The molecule has 0 aliphatic heterocycles. The Morgan fingerprint density at radius 2 is 1.77 bits per heavy atom. The van der Waals surface area contributed by atoms with Gasteiger partial charge in [0.15, 0.2) is 0 Å². The van der Waals surface area contributed by atoms with Crippen LogP contribution in [-0.2, 0) is 0 Å². The Bertz CT molecular complexity index is 289. The number of hydrogen-bond acceptors (Lipinski definition) is 2. The first-order valence-corrected chi connectivity index (χ1v) is 4.73. The first kappa shape index (κ1) is 10.6. The molecule has 1 aromatic carbocycles. The van der Waals surface area contributed by atoms with Crippen molar-refractivity contribution in [2.45, 2.75) is 13.0 Å².